The average Bonchev–Trinajstić information content (AvgIpc) is 3.01. The van der Waals surface area contributed by atoms with Crippen LogP contribution in [-0.2, 0) is 0 Å². The molecule has 0 aliphatic rings. The van der Waals surface area contributed by atoms with Gasteiger partial charge in [0.1, 0.15) is 5.75 Å². The van der Waals surface area contributed by atoms with Crippen LogP contribution in [0, 0.1) is 0 Å². The molecule has 6 heteroatoms. The maximum absolute atomic E-state index is 11.2. The van der Waals surface area contributed by atoms with E-state index < -0.39 is 5.97 Å². The Kier molecular flexibility index (Phi) is 3.57. The molecule has 110 valence electrons. The number of carbonyl (C=O) groups is 1. The number of aromatic carboxylic acids is 1. The molecular formula is C16H13N3O3. The summed E-state index contributed by atoms with van der Waals surface area (Å²) < 4.78 is 6.78. The predicted octanol–water partition coefficient (Wildman–Crippen LogP) is 2.64. The van der Waals surface area contributed by atoms with Crippen LogP contribution < -0.4 is 4.74 Å². The first-order chi connectivity index (χ1) is 10.7. The van der Waals surface area contributed by atoms with Crippen LogP contribution in [0.2, 0.25) is 0 Å². The summed E-state index contributed by atoms with van der Waals surface area (Å²) in [6, 6.07) is 12.4. The van der Waals surface area contributed by atoms with Gasteiger partial charge < -0.3 is 9.84 Å². The molecule has 3 rings (SSSR count). The normalized spacial score (nSPS) is 10.4. The standard InChI is InChI=1S/C16H13N3O3/c1-22-13-6-2-5-12(8-13)19-15(9-14(18-19)16(20)21)11-4-3-7-17-10-11/h2-10H,1H3,(H,20,21). The molecule has 0 aliphatic carbocycles. The fourth-order valence-corrected chi connectivity index (χ4v) is 2.14. The zero-order valence-electron chi connectivity index (χ0n) is 11.8. The van der Waals surface area contributed by atoms with Gasteiger partial charge in [0.2, 0.25) is 0 Å². The molecule has 0 bridgehead atoms. The zero-order chi connectivity index (χ0) is 15.5. The van der Waals surface area contributed by atoms with E-state index in [-0.39, 0.29) is 5.69 Å². The van der Waals surface area contributed by atoms with Crippen LogP contribution in [0.3, 0.4) is 0 Å². The van der Waals surface area contributed by atoms with Crippen LogP contribution in [0.4, 0.5) is 0 Å². The monoisotopic (exact) mass is 295 g/mol. The van der Waals surface area contributed by atoms with E-state index in [1.54, 1.807) is 36.3 Å². The lowest BCUT2D eigenvalue weighted by atomic mass is 10.2. The SMILES string of the molecule is COc1cccc(-n2nc(C(=O)O)cc2-c2cccnc2)c1. The molecular weight excluding hydrogens is 282 g/mol. The Labute approximate surface area is 126 Å². The van der Waals surface area contributed by atoms with Gasteiger partial charge in [-0.1, -0.05) is 6.07 Å². The van der Waals surface area contributed by atoms with Crippen molar-refractivity contribution in [2.45, 2.75) is 0 Å². The Balaban J connectivity index is 2.19. The second-order valence-electron chi connectivity index (χ2n) is 4.57. The van der Waals surface area contributed by atoms with Crippen molar-refractivity contribution in [2.24, 2.45) is 0 Å². The summed E-state index contributed by atoms with van der Waals surface area (Å²) in [5.41, 5.74) is 2.12. The van der Waals surface area contributed by atoms with Gasteiger partial charge in [-0.05, 0) is 30.3 Å². The highest BCUT2D eigenvalue weighted by molar-refractivity contribution is 5.87. The molecule has 0 saturated carbocycles. The zero-order valence-corrected chi connectivity index (χ0v) is 11.8. The molecule has 2 aromatic heterocycles. The van der Waals surface area contributed by atoms with E-state index in [4.69, 9.17) is 4.74 Å². The number of methoxy groups -OCH3 is 1. The number of carboxylic acid groups (broad SMARTS) is 1. The fraction of sp³-hybridized carbons (Fsp3) is 0.0625. The van der Waals surface area contributed by atoms with Crippen LogP contribution in [0.5, 0.6) is 5.75 Å². The Hall–Kier alpha value is -3.15. The van der Waals surface area contributed by atoms with Gasteiger partial charge in [0, 0.05) is 24.0 Å². The number of hydrogen-bond donors (Lipinski definition) is 1. The van der Waals surface area contributed by atoms with Crippen molar-refractivity contribution in [3.05, 3.63) is 60.6 Å². The predicted molar refractivity (Wildman–Crippen MR) is 80.3 cm³/mol. The van der Waals surface area contributed by atoms with Crippen LogP contribution in [0.1, 0.15) is 10.5 Å². The van der Waals surface area contributed by atoms with Crippen LogP contribution in [0.25, 0.3) is 16.9 Å². The highest BCUT2D eigenvalue weighted by Gasteiger charge is 2.16. The molecule has 6 nitrogen and oxygen atoms in total. The number of carboxylic acids is 1. The molecule has 0 aliphatic heterocycles. The lowest BCUT2D eigenvalue weighted by Crippen LogP contribution is -2.02. The summed E-state index contributed by atoms with van der Waals surface area (Å²) in [7, 11) is 1.58. The number of hydrogen-bond acceptors (Lipinski definition) is 4. The Morgan fingerprint density at radius 1 is 1.23 bits per heavy atom. The maximum Gasteiger partial charge on any atom is 0.356 e. The van der Waals surface area contributed by atoms with Crippen molar-refractivity contribution in [3.8, 4) is 22.7 Å². The second-order valence-corrected chi connectivity index (χ2v) is 4.57. The van der Waals surface area contributed by atoms with Crippen molar-refractivity contribution in [3.63, 3.8) is 0 Å². The quantitative estimate of drug-likeness (QED) is 0.800. The number of aromatic nitrogens is 3. The third kappa shape index (κ3) is 2.54. The van der Waals surface area contributed by atoms with Gasteiger partial charge in [-0.3, -0.25) is 4.98 Å². The topological polar surface area (TPSA) is 77.2 Å². The molecule has 0 amide bonds. The van der Waals surface area contributed by atoms with E-state index in [2.05, 4.69) is 10.1 Å². The maximum atomic E-state index is 11.2. The Morgan fingerprint density at radius 2 is 2.09 bits per heavy atom. The largest absolute Gasteiger partial charge is 0.497 e. The summed E-state index contributed by atoms with van der Waals surface area (Å²) in [4.78, 5) is 15.3. The first-order valence-corrected chi connectivity index (χ1v) is 6.57. The van der Waals surface area contributed by atoms with E-state index in [0.717, 1.165) is 5.56 Å². The number of nitrogens with zero attached hydrogens (tertiary/aromatic N) is 3. The van der Waals surface area contributed by atoms with Gasteiger partial charge >= 0.3 is 5.97 Å². The lowest BCUT2D eigenvalue weighted by Gasteiger charge is -2.08. The van der Waals surface area contributed by atoms with Crippen molar-refractivity contribution >= 4 is 5.97 Å². The van der Waals surface area contributed by atoms with Gasteiger partial charge in [0.15, 0.2) is 5.69 Å². The highest BCUT2D eigenvalue weighted by atomic mass is 16.5. The van der Waals surface area contributed by atoms with Crippen LogP contribution in [-0.4, -0.2) is 33.0 Å². The molecule has 22 heavy (non-hydrogen) atoms. The summed E-state index contributed by atoms with van der Waals surface area (Å²) in [6.45, 7) is 0. The smallest absolute Gasteiger partial charge is 0.356 e. The first kappa shape index (κ1) is 13.8. The molecule has 3 aromatic rings. The van der Waals surface area contributed by atoms with Crippen molar-refractivity contribution in [1.82, 2.24) is 14.8 Å². The van der Waals surface area contributed by atoms with Gasteiger partial charge in [0.25, 0.3) is 0 Å². The molecule has 0 unspecified atom stereocenters. The van der Waals surface area contributed by atoms with Crippen molar-refractivity contribution in [2.75, 3.05) is 7.11 Å². The third-order valence-corrected chi connectivity index (χ3v) is 3.18. The molecule has 1 aromatic carbocycles. The van der Waals surface area contributed by atoms with E-state index in [1.807, 2.05) is 24.3 Å². The Morgan fingerprint density at radius 3 is 2.77 bits per heavy atom. The third-order valence-electron chi connectivity index (χ3n) is 3.18. The molecule has 0 atom stereocenters. The van der Waals surface area contributed by atoms with Crippen LogP contribution in [0.15, 0.2) is 54.9 Å². The van der Waals surface area contributed by atoms with Gasteiger partial charge in [0.05, 0.1) is 18.5 Å². The van der Waals surface area contributed by atoms with E-state index in [0.29, 0.717) is 17.1 Å². The molecule has 0 saturated heterocycles. The number of rotatable bonds is 4. The van der Waals surface area contributed by atoms with E-state index in [1.165, 1.54) is 6.07 Å². The number of pyridine rings is 1. The molecule has 0 radical (unpaired) electrons. The van der Waals surface area contributed by atoms with Crippen LogP contribution >= 0.6 is 0 Å². The minimum absolute atomic E-state index is 0.0262. The van der Waals surface area contributed by atoms with Crippen molar-refractivity contribution in [1.29, 1.82) is 0 Å². The fourth-order valence-electron chi connectivity index (χ4n) is 2.14. The molecule has 0 spiro atoms. The van der Waals surface area contributed by atoms with Gasteiger partial charge in [-0.2, -0.15) is 5.10 Å². The van der Waals surface area contributed by atoms with Gasteiger partial charge in [-0.15, -0.1) is 0 Å². The highest BCUT2D eigenvalue weighted by Crippen LogP contribution is 2.25. The molecule has 0 fully saturated rings. The molecule has 1 N–H and O–H groups in total. The van der Waals surface area contributed by atoms with Crippen molar-refractivity contribution < 1.29 is 14.6 Å². The first-order valence-electron chi connectivity index (χ1n) is 6.57. The lowest BCUT2D eigenvalue weighted by molar-refractivity contribution is 0.0690. The number of ether oxygens (including phenoxy) is 1. The van der Waals surface area contributed by atoms with E-state index in [9.17, 15) is 9.90 Å². The second kappa shape index (κ2) is 5.69. The average molecular weight is 295 g/mol. The van der Waals surface area contributed by atoms with Gasteiger partial charge in [-0.25, -0.2) is 9.48 Å². The minimum Gasteiger partial charge on any atom is -0.497 e. The summed E-state index contributed by atoms with van der Waals surface area (Å²) >= 11 is 0. The summed E-state index contributed by atoms with van der Waals surface area (Å²) in [5, 5.41) is 13.4. The van der Waals surface area contributed by atoms with E-state index >= 15 is 0 Å². The minimum atomic E-state index is -1.08. The Bertz CT molecular complexity index is 813. The molecule has 2 heterocycles. The summed E-state index contributed by atoms with van der Waals surface area (Å²) in [6.07, 6.45) is 3.33. The summed E-state index contributed by atoms with van der Waals surface area (Å²) in [5.74, 6) is -0.409. The number of benzene rings is 1.